The first-order chi connectivity index (χ1) is 8.91. The van der Waals surface area contributed by atoms with Crippen LogP contribution in [-0.4, -0.2) is 44.6 Å². The van der Waals surface area contributed by atoms with Gasteiger partial charge in [-0.15, -0.1) is 0 Å². The summed E-state index contributed by atoms with van der Waals surface area (Å²) in [6.07, 6.45) is 0. The van der Waals surface area contributed by atoms with Gasteiger partial charge in [-0.25, -0.2) is 9.97 Å². The number of aromatic nitrogens is 2. The van der Waals surface area contributed by atoms with Gasteiger partial charge >= 0.3 is 0 Å². The Bertz CT molecular complexity index is 503. The molecule has 1 aromatic heterocycles. The zero-order chi connectivity index (χ0) is 14.0. The molecule has 0 aromatic carbocycles. The van der Waals surface area contributed by atoms with Crippen molar-refractivity contribution in [2.45, 2.75) is 25.5 Å². The molecule has 1 saturated heterocycles. The van der Waals surface area contributed by atoms with E-state index in [0.29, 0.717) is 11.6 Å². The number of nitrogens with zero attached hydrogens (tertiary/aromatic N) is 4. The number of hydrogen-bond donors (Lipinski definition) is 2. The maximum Gasteiger partial charge on any atom is 0.226 e. The second kappa shape index (κ2) is 5.24. The quantitative estimate of drug-likeness (QED) is 0.367. The number of nitrogens with two attached hydrogens (primary N) is 1. The van der Waals surface area contributed by atoms with Crippen LogP contribution in [0.4, 0.5) is 5.95 Å². The van der Waals surface area contributed by atoms with Gasteiger partial charge in [0.2, 0.25) is 5.95 Å². The highest BCUT2D eigenvalue weighted by molar-refractivity contribution is 8.00. The van der Waals surface area contributed by atoms with Gasteiger partial charge in [0.05, 0.1) is 0 Å². The van der Waals surface area contributed by atoms with Crippen LogP contribution in [0.3, 0.4) is 0 Å². The topological polar surface area (TPSA) is 87.6 Å². The Hall–Kier alpha value is -1.50. The molecule has 2 heterocycles. The largest absolute Gasteiger partial charge is 0.409 e. The van der Waals surface area contributed by atoms with Crippen LogP contribution in [-0.2, 0) is 0 Å². The SMILES string of the molecule is Cc1cc(/C(N)=N/O)nc(N2CCSC(C)(C)C2)n1. The van der Waals surface area contributed by atoms with Crippen molar-refractivity contribution >= 4 is 23.5 Å². The van der Waals surface area contributed by atoms with Crippen molar-refractivity contribution < 1.29 is 5.21 Å². The molecule has 0 unspecified atom stereocenters. The second-order valence-corrected chi connectivity index (χ2v) is 7.01. The molecule has 1 fully saturated rings. The summed E-state index contributed by atoms with van der Waals surface area (Å²) in [4.78, 5) is 11.0. The Morgan fingerprint density at radius 1 is 1.53 bits per heavy atom. The van der Waals surface area contributed by atoms with Crippen LogP contribution in [0.15, 0.2) is 11.2 Å². The van der Waals surface area contributed by atoms with E-state index in [1.807, 2.05) is 18.7 Å². The molecule has 6 nitrogen and oxygen atoms in total. The van der Waals surface area contributed by atoms with Gasteiger partial charge in [0, 0.05) is 29.3 Å². The average molecular weight is 281 g/mol. The van der Waals surface area contributed by atoms with Crippen LogP contribution < -0.4 is 10.6 Å². The second-order valence-electron chi connectivity index (χ2n) is 5.21. The number of amidine groups is 1. The van der Waals surface area contributed by atoms with E-state index in [1.165, 1.54) is 0 Å². The lowest BCUT2D eigenvalue weighted by molar-refractivity contribution is 0.318. The van der Waals surface area contributed by atoms with E-state index < -0.39 is 0 Å². The molecule has 0 saturated carbocycles. The van der Waals surface area contributed by atoms with Gasteiger partial charge in [-0.3, -0.25) is 0 Å². The molecule has 1 aromatic rings. The molecule has 19 heavy (non-hydrogen) atoms. The molecule has 104 valence electrons. The van der Waals surface area contributed by atoms with Gasteiger partial charge in [-0.2, -0.15) is 11.8 Å². The predicted molar refractivity (Wildman–Crippen MR) is 78.0 cm³/mol. The Balaban J connectivity index is 2.32. The van der Waals surface area contributed by atoms with E-state index in [2.05, 4.69) is 33.9 Å². The lowest BCUT2D eigenvalue weighted by atomic mass is 10.2. The summed E-state index contributed by atoms with van der Waals surface area (Å²) in [6, 6.07) is 1.71. The first kappa shape index (κ1) is 13.9. The predicted octanol–water partition coefficient (Wildman–Crippen LogP) is 1.21. The maximum atomic E-state index is 8.75. The van der Waals surface area contributed by atoms with Gasteiger partial charge in [0.15, 0.2) is 5.84 Å². The van der Waals surface area contributed by atoms with Crippen LogP contribution in [0, 0.1) is 6.92 Å². The highest BCUT2D eigenvalue weighted by Gasteiger charge is 2.28. The van der Waals surface area contributed by atoms with Crippen LogP contribution in [0.1, 0.15) is 25.2 Å². The third kappa shape index (κ3) is 3.28. The van der Waals surface area contributed by atoms with E-state index in [9.17, 15) is 0 Å². The summed E-state index contributed by atoms with van der Waals surface area (Å²) in [5.41, 5.74) is 6.87. The zero-order valence-electron chi connectivity index (χ0n) is 11.4. The van der Waals surface area contributed by atoms with Crippen molar-refractivity contribution in [3.05, 3.63) is 17.5 Å². The molecule has 0 amide bonds. The van der Waals surface area contributed by atoms with Crippen molar-refractivity contribution in [2.75, 3.05) is 23.7 Å². The number of aryl methyl sites for hydroxylation is 1. The molecule has 0 aliphatic carbocycles. The third-order valence-corrected chi connectivity index (χ3v) is 4.22. The summed E-state index contributed by atoms with van der Waals surface area (Å²) in [7, 11) is 0. The van der Waals surface area contributed by atoms with Crippen LogP contribution >= 0.6 is 11.8 Å². The summed E-state index contributed by atoms with van der Waals surface area (Å²) < 4.78 is 0.183. The zero-order valence-corrected chi connectivity index (χ0v) is 12.2. The minimum atomic E-state index is 0.0115. The Labute approximate surface area is 117 Å². The Morgan fingerprint density at radius 2 is 2.26 bits per heavy atom. The minimum absolute atomic E-state index is 0.0115. The fourth-order valence-electron chi connectivity index (χ4n) is 2.06. The minimum Gasteiger partial charge on any atom is -0.409 e. The maximum absolute atomic E-state index is 8.75. The first-order valence-electron chi connectivity index (χ1n) is 6.14. The monoisotopic (exact) mass is 281 g/mol. The first-order valence-corrected chi connectivity index (χ1v) is 7.12. The molecule has 2 rings (SSSR count). The number of rotatable bonds is 2. The lowest BCUT2D eigenvalue weighted by Gasteiger charge is -2.37. The standard InChI is InChI=1S/C12H19N5OS/c1-8-6-9(10(13)16-18)15-11(14-8)17-4-5-19-12(2,3)7-17/h6,18H,4-5,7H2,1-3H3,(H2,13,16). The molecule has 0 bridgehead atoms. The van der Waals surface area contributed by atoms with Crippen molar-refractivity contribution in [1.82, 2.24) is 9.97 Å². The van der Waals surface area contributed by atoms with Gasteiger partial charge in [-0.1, -0.05) is 5.16 Å². The normalized spacial score (nSPS) is 19.5. The van der Waals surface area contributed by atoms with E-state index in [0.717, 1.165) is 24.5 Å². The molecular formula is C12H19N5OS. The molecule has 1 aliphatic heterocycles. The van der Waals surface area contributed by atoms with E-state index >= 15 is 0 Å². The van der Waals surface area contributed by atoms with Gasteiger partial charge in [0.25, 0.3) is 0 Å². The van der Waals surface area contributed by atoms with Crippen molar-refractivity contribution in [3.8, 4) is 0 Å². The molecule has 1 aliphatic rings. The molecule has 0 spiro atoms. The van der Waals surface area contributed by atoms with Crippen LogP contribution in [0.2, 0.25) is 0 Å². The van der Waals surface area contributed by atoms with E-state index in [-0.39, 0.29) is 10.6 Å². The van der Waals surface area contributed by atoms with E-state index in [1.54, 1.807) is 6.07 Å². The van der Waals surface area contributed by atoms with Gasteiger partial charge < -0.3 is 15.8 Å². The number of thioether (sulfide) groups is 1. The smallest absolute Gasteiger partial charge is 0.226 e. The number of oxime groups is 1. The summed E-state index contributed by atoms with van der Waals surface area (Å²) in [5, 5.41) is 11.7. The van der Waals surface area contributed by atoms with Crippen molar-refractivity contribution in [1.29, 1.82) is 0 Å². The van der Waals surface area contributed by atoms with Gasteiger partial charge in [-0.05, 0) is 26.8 Å². The van der Waals surface area contributed by atoms with Gasteiger partial charge in [0.1, 0.15) is 5.69 Å². The summed E-state index contributed by atoms with van der Waals surface area (Å²) in [6.45, 7) is 8.10. The third-order valence-electron chi connectivity index (χ3n) is 2.92. The Kier molecular flexibility index (Phi) is 3.84. The highest BCUT2D eigenvalue weighted by atomic mass is 32.2. The number of hydrogen-bond acceptors (Lipinski definition) is 6. The molecule has 3 N–H and O–H groups in total. The van der Waals surface area contributed by atoms with Crippen molar-refractivity contribution in [2.24, 2.45) is 10.9 Å². The molecule has 0 atom stereocenters. The fraction of sp³-hybridized carbons (Fsp3) is 0.583. The average Bonchev–Trinajstić information content (AvgIpc) is 2.36. The molecule has 7 heteroatoms. The lowest BCUT2D eigenvalue weighted by Crippen LogP contribution is -2.44. The molecule has 0 radical (unpaired) electrons. The summed E-state index contributed by atoms with van der Waals surface area (Å²) in [5.74, 6) is 1.70. The molecular weight excluding hydrogens is 262 g/mol. The summed E-state index contributed by atoms with van der Waals surface area (Å²) >= 11 is 1.95. The van der Waals surface area contributed by atoms with Crippen molar-refractivity contribution in [3.63, 3.8) is 0 Å². The Morgan fingerprint density at radius 3 is 2.89 bits per heavy atom. The van der Waals surface area contributed by atoms with E-state index in [4.69, 9.17) is 10.9 Å². The van der Waals surface area contributed by atoms with Crippen LogP contribution in [0.5, 0.6) is 0 Å². The fourth-order valence-corrected chi connectivity index (χ4v) is 3.18. The number of anilines is 1. The van der Waals surface area contributed by atoms with Crippen LogP contribution in [0.25, 0.3) is 0 Å². The highest BCUT2D eigenvalue weighted by Crippen LogP contribution is 2.31.